The van der Waals surface area contributed by atoms with Gasteiger partial charge in [0.15, 0.2) is 0 Å². The third-order valence-electron chi connectivity index (χ3n) is 0.940. The summed E-state index contributed by atoms with van der Waals surface area (Å²) in [6.07, 6.45) is 0. The summed E-state index contributed by atoms with van der Waals surface area (Å²) in [6.45, 7) is 2.08. The van der Waals surface area contributed by atoms with Crippen molar-refractivity contribution in [3.8, 4) is 0 Å². The van der Waals surface area contributed by atoms with Crippen LogP contribution in [0.25, 0.3) is 0 Å². The molecular weight excluding hydrogens is 250 g/mol. The molecule has 0 unspecified atom stereocenters. The van der Waals surface area contributed by atoms with Crippen LogP contribution in [-0.4, -0.2) is 0 Å². The van der Waals surface area contributed by atoms with Crippen molar-refractivity contribution >= 4 is 0 Å². The Balaban J connectivity index is 0. The molecule has 0 atom stereocenters. The van der Waals surface area contributed by atoms with Crippen molar-refractivity contribution in [3.63, 3.8) is 0 Å². The molecule has 0 aliphatic rings. The number of halogens is 1. The molecule has 1 rings (SSSR count). The molecule has 0 aliphatic heterocycles. The Kier molecular flexibility index (Phi) is 11.3. The minimum absolute atomic E-state index is 0. The number of rotatable bonds is 0. The summed E-state index contributed by atoms with van der Waals surface area (Å²) in [4.78, 5) is 0. The molecule has 9 heavy (non-hydrogen) atoms. The predicted octanol–water partition coefficient (Wildman–Crippen LogP) is -4.00. The molecule has 0 saturated heterocycles. The molecule has 0 radical (unpaired) electrons. The Bertz CT molecular complexity index is 139. The summed E-state index contributed by atoms with van der Waals surface area (Å²) in [5, 5.41) is 0. The number of hydrogen-bond donors (Lipinski definition) is 0. The maximum atomic E-state index is 2.08. The molecule has 0 aliphatic carbocycles. The zero-order chi connectivity index (χ0) is 5.11. The van der Waals surface area contributed by atoms with E-state index in [-0.39, 0.29) is 75.4 Å². The van der Waals surface area contributed by atoms with Gasteiger partial charge in [-0.2, -0.15) is 0 Å². The largest absolute Gasteiger partial charge is 1.00 e. The summed E-state index contributed by atoms with van der Waals surface area (Å²) in [5.74, 6) is 0. The maximum absolute atomic E-state index is 2.08. The van der Waals surface area contributed by atoms with Crippen molar-refractivity contribution in [1.29, 1.82) is 0 Å². The molecule has 0 aromatic heterocycles. The fraction of sp³-hybridized carbons (Fsp3) is 0.143. The first-order valence-electron chi connectivity index (χ1n) is 2.41. The van der Waals surface area contributed by atoms with Gasteiger partial charge >= 0.3 is 51.4 Å². The Morgan fingerprint density at radius 3 is 1.67 bits per heavy atom. The minimum Gasteiger partial charge on any atom is -1.00 e. The van der Waals surface area contributed by atoms with E-state index in [2.05, 4.69) is 19.1 Å². The van der Waals surface area contributed by atoms with Crippen molar-refractivity contribution in [2.45, 2.75) is 6.92 Å². The van der Waals surface area contributed by atoms with Crippen molar-refractivity contribution in [2.24, 2.45) is 0 Å². The van der Waals surface area contributed by atoms with E-state index in [0.29, 0.717) is 0 Å². The summed E-state index contributed by atoms with van der Waals surface area (Å²) in [5.41, 5.74) is 1.32. The van der Waals surface area contributed by atoms with E-state index in [4.69, 9.17) is 0 Å². The SMILES string of the molecule is Cc1ccccc1.[I-].[K+]. The molecule has 2 heteroatoms. The average Bonchev–Trinajstić information content (AvgIpc) is 1.69. The first kappa shape index (κ1) is 13.2. The summed E-state index contributed by atoms with van der Waals surface area (Å²) >= 11 is 0. The van der Waals surface area contributed by atoms with E-state index in [1.54, 1.807) is 0 Å². The molecule has 0 spiro atoms. The van der Waals surface area contributed by atoms with Gasteiger partial charge in [-0.15, -0.1) is 0 Å². The number of aryl methyl sites for hydroxylation is 1. The molecule has 44 valence electrons. The summed E-state index contributed by atoms with van der Waals surface area (Å²) in [6, 6.07) is 10.3. The van der Waals surface area contributed by atoms with Gasteiger partial charge in [0.25, 0.3) is 0 Å². The van der Waals surface area contributed by atoms with Gasteiger partial charge < -0.3 is 24.0 Å². The van der Waals surface area contributed by atoms with Crippen LogP contribution in [0, 0.1) is 6.92 Å². The second-order valence-electron chi connectivity index (χ2n) is 1.65. The fourth-order valence-corrected chi connectivity index (χ4v) is 0.534. The van der Waals surface area contributed by atoms with Crippen LogP contribution in [0.2, 0.25) is 0 Å². The zero-order valence-corrected chi connectivity index (χ0v) is 11.0. The third kappa shape index (κ3) is 6.00. The maximum Gasteiger partial charge on any atom is 1.00 e. The monoisotopic (exact) mass is 258 g/mol. The predicted molar refractivity (Wildman–Crippen MR) is 31.2 cm³/mol. The van der Waals surface area contributed by atoms with Crippen molar-refractivity contribution < 1.29 is 75.4 Å². The Morgan fingerprint density at radius 2 is 1.44 bits per heavy atom. The van der Waals surface area contributed by atoms with Gasteiger partial charge in [0.2, 0.25) is 0 Å². The van der Waals surface area contributed by atoms with Crippen molar-refractivity contribution in [1.82, 2.24) is 0 Å². The van der Waals surface area contributed by atoms with Gasteiger partial charge in [0, 0.05) is 0 Å². The van der Waals surface area contributed by atoms with Crippen LogP contribution in [-0.2, 0) is 0 Å². The third-order valence-corrected chi connectivity index (χ3v) is 0.940. The topological polar surface area (TPSA) is 0 Å². The van der Waals surface area contributed by atoms with E-state index in [0.717, 1.165) is 0 Å². The van der Waals surface area contributed by atoms with Crippen LogP contribution in [0.15, 0.2) is 30.3 Å². The van der Waals surface area contributed by atoms with Crippen LogP contribution < -0.4 is 75.4 Å². The van der Waals surface area contributed by atoms with Crippen LogP contribution >= 0.6 is 0 Å². The standard InChI is InChI=1S/C7H8.HI.K/c1-7-5-3-2-4-6-7;;/h2-6H,1H3;1H;/q;;+1/p-1. The van der Waals surface area contributed by atoms with Crippen molar-refractivity contribution in [2.75, 3.05) is 0 Å². The fourth-order valence-electron chi connectivity index (χ4n) is 0.534. The molecular formula is C7H8IK. The van der Waals surface area contributed by atoms with Gasteiger partial charge in [-0.1, -0.05) is 35.9 Å². The minimum atomic E-state index is 0. The zero-order valence-electron chi connectivity index (χ0n) is 5.76. The Morgan fingerprint density at radius 1 is 1.00 bits per heavy atom. The van der Waals surface area contributed by atoms with E-state index < -0.39 is 0 Å². The van der Waals surface area contributed by atoms with Crippen LogP contribution in [0.1, 0.15) is 5.56 Å². The first-order chi connectivity index (χ1) is 3.39. The second-order valence-corrected chi connectivity index (χ2v) is 1.65. The smallest absolute Gasteiger partial charge is 1.00 e. The molecule has 0 N–H and O–H groups in total. The molecule has 1 aromatic rings. The summed E-state index contributed by atoms with van der Waals surface area (Å²) in [7, 11) is 0. The second kappa shape index (κ2) is 7.69. The first-order valence-corrected chi connectivity index (χ1v) is 2.41. The van der Waals surface area contributed by atoms with E-state index in [1.165, 1.54) is 5.56 Å². The van der Waals surface area contributed by atoms with E-state index in [9.17, 15) is 0 Å². The normalized spacial score (nSPS) is 6.78. The summed E-state index contributed by atoms with van der Waals surface area (Å²) < 4.78 is 0. The molecule has 0 saturated carbocycles. The van der Waals surface area contributed by atoms with Gasteiger partial charge in [-0.05, 0) is 6.92 Å². The van der Waals surface area contributed by atoms with Crippen molar-refractivity contribution in [3.05, 3.63) is 35.9 Å². The van der Waals surface area contributed by atoms with Gasteiger partial charge in [-0.3, -0.25) is 0 Å². The van der Waals surface area contributed by atoms with Gasteiger partial charge in [0.05, 0.1) is 0 Å². The molecule has 0 fully saturated rings. The van der Waals surface area contributed by atoms with E-state index >= 15 is 0 Å². The van der Waals surface area contributed by atoms with Crippen LogP contribution in [0.4, 0.5) is 0 Å². The molecule has 1 aromatic carbocycles. The quantitative estimate of drug-likeness (QED) is 0.329. The van der Waals surface area contributed by atoms with Crippen LogP contribution in [0.3, 0.4) is 0 Å². The van der Waals surface area contributed by atoms with Crippen LogP contribution in [0.5, 0.6) is 0 Å². The molecule has 0 heterocycles. The van der Waals surface area contributed by atoms with Gasteiger partial charge in [0.1, 0.15) is 0 Å². The Hall–Kier alpha value is 1.59. The molecule has 0 bridgehead atoms. The average molecular weight is 258 g/mol. The Labute approximate surface area is 116 Å². The number of benzene rings is 1. The number of hydrogen-bond acceptors (Lipinski definition) is 0. The molecule has 0 amide bonds. The van der Waals surface area contributed by atoms with E-state index in [1.807, 2.05) is 18.2 Å². The van der Waals surface area contributed by atoms with Gasteiger partial charge in [-0.25, -0.2) is 0 Å². The molecule has 0 nitrogen and oxygen atoms in total.